The number of carbonyl (C=O) groups excluding carboxylic acids is 1. The number of hydrogen-bond donors (Lipinski definition) is 0. The summed E-state index contributed by atoms with van der Waals surface area (Å²) in [5.41, 5.74) is 0. The number of rotatable bonds is 4. The Bertz CT molecular complexity index is 213. The van der Waals surface area contributed by atoms with Crippen molar-refractivity contribution in [3.8, 4) is 0 Å². The molecular formula is C10H18ClNO3. The van der Waals surface area contributed by atoms with Crippen molar-refractivity contribution in [2.45, 2.75) is 30.9 Å². The van der Waals surface area contributed by atoms with Gasteiger partial charge in [0.2, 0.25) is 5.91 Å². The minimum atomic E-state index is -0.432. The van der Waals surface area contributed by atoms with Crippen LogP contribution >= 0.6 is 11.6 Å². The summed E-state index contributed by atoms with van der Waals surface area (Å²) in [5, 5.41) is -0.432. The molecule has 15 heavy (non-hydrogen) atoms. The molecule has 1 fully saturated rings. The summed E-state index contributed by atoms with van der Waals surface area (Å²) in [6.45, 7) is 3.03. The van der Waals surface area contributed by atoms with E-state index < -0.39 is 5.38 Å². The van der Waals surface area contributed by atoms with Gasteiger partial charge in [-0.3, -0.25) is 4.79 Å². The van der Waals surface area contributed by atoms with E-state index in [4.69, 9.17) is 21.1 Å². The molecule has 0 spiro atoms. The molecule has 3 unspecified atom stereocenters. The molecule has 0 aliphatic carbocycles. The van der Waals surface area contributed by atoms with E-state index in [0.717, 1.165) is 0 Å². The van der Waals surface area contributed by atoms with Crippen molar-refractivity contribution in [2.75, 3.05) is 27.3 Å². The minimum absolute atomic E-state index is 0.0271. The highest BCUT2D eigenvalue weighted by Gasteiger charge is 2.36. The zero-order chi connectivity index (χ0) is 11.4. The maximum atomic E-state index is 11.8. The molecule has 88 valence electrons. The van der Waals surface area contributed by atoms with Crippen molar-refractivity contribution < 1.29 is 14.3 Å². The minimum Gasteiger partial charge on any atom is -0.377 e. The van der Waals surface area contributed by atoms with Crippen LogP contribution < -0.4 is 0 Å². The first-order chi connectivity index (χ1) is 7.13. The van der Waals surface area contributed by atoms with Gasteiger partial charge >= 0.3 is 0 Å². The summed E-state index contributed by atoms with van der Waals surface area (Å²) in [6, 6.07) is 0. The van der Waals surface area contributed by atoms with Gasteiger partial charge in [0.25, 0.3) is 0 Å². The van der Waals surface area contributed by atoms with Gasteiger partial charge in [0.05, 0.1) is 0 Å². The molecule has 4 nitrogen and oxygen atoms in total. The van der Waals surface area contributed by atoms with Crippen LogP contribution in [-0.2, 0) is 14.3 Å². The highest BCUT2D eigenvalue weighted by molar-refractivity contribution is 6.30. The quantitative estimate of drug-likeness (QED) is 0.679. The third-order valence-corrected chi connectivity index (χ3v) is 3.25. The largest absolute Gasteiger partial charge is 0.377 e. The molecular weight excluding hydrogens is 218 g/mol. The summed E-state index contributed by atoms with van der Waals surface area (Å²) < 4.78 is 10.5. The smallest absolute Gasteiger partial charge is 0.240 e. The Morgan fingerprint density at radius 1 is 1.40 bits per heavy atom. The molecule has 0 aromatic carbocycles. The van der Waals surface area contributed by atoms with E-state index in [9.17, 15) is 4.79 Å². The number of nitrogens with zero attached hydrogens (tertiary/aromatic N) is 1. The maximum absolute atomic E-state index is 11.8. The van der Waals surface area contributed by atoms with E-state index in [2.05, 4.69) is 0 Å². The van der Waals surface area contributed by atoms with Crippen LogP contribution in [-0.4, -0.2) is 55.7 Å². The fourth-order valence-electron chi connectivity index (χ4n) is 1.75. The molecule has 0 aromatic rings. The molecule has 1 aliphatic heterocycles. The number of ether oxygens (including phenoxy) is 2. The van der Waals surface area contributed by atoms with Gasteiger partial charge < -0.3 is 14.4 Å². The Morgan fingerprint density at radius 3 is 2.20 bits per heavy atom. The Morgan fingerprint density at radius 2 is 1.87 bits per heavy atom. The Balaban J connectivity index is 2.56. The highest BCUT2D eigenvalue weighted by Crippen LogP contribution is 2.18. The number of halogens is 1. The van der Waals surface area contributed by atoms with Gasteiger partial charge in [-0.15, -0.1) is 11.6 Å². The van der Waals surface area contributed by atoms with Gasteiger partial charge in [-0.05, 0) is 6.42 Å². The number of amides is 1. The molecule has 0 saturated carbocycles. The normalized spacial score (nSPS) is 28.1. The van der Waals surface area contributed by atoms with Gasteiger partial charge in [-0.25, -0.2) is 0 Å². The lowest BCUT2D eigenvalue weighted by molar-refractivity contribution is -0.130. The predicted octanol–water partition coefficient (Wildman–Crippen LogP) is 0.876. The number of carbonyl (C=O) groups is 1. The monoisotopic (exact) mass is 235 g/mol. The molecule has 1 aliphatic rings. The predicted molar refractivity (Wildman–Crippen MR) is 58.1 cm³/mol. The van der Waals surface area contributed by atoms with Crippen LogP contribution in [0.5, 0.6) is 0 Å². The lowest BCUT2D eigenvalue weighted by Gasteiger charge is -2.18. The van der Waals surface area contributed by atoms with Crippen molar-refractivity contribution in [3.63, 3.8) is 0 Å². The first kappa shape index (κ1) is 12.7. The fourth-order valence-corrected chi connectivity index (χ4v) is 1.89. The molecule has 0 bridgehead atoms. The van der Waals surface area contributed by atoms with Crippen LogP contribution in [0.15, 0.2) is 0 Å². The van der Waals surface area contributed by atoms with Crippen molar-refractivity contribution in [2.24, 2.45) is 0 Å². The lowest BCUT2D eigenvalue weighted by Crippen LogP contribution is -2.35. The third-order valence-electron chi connectivity index (χ3n) is 2.76. The van der Waals surface area contributed by atoms with Crippen molar-refractivity contribution in [1.82, 2.24) is 4.90 Å². The second kappa shape index (κ2) is 5.68. The van der Waals surface area contributed by atoms with Crippen molar-refractivity contribution >= 4 is 17.5 Å². The molecule has 0 radical (unpaired) electrons. The second-order valence-corrected chi connectivity index (χ2v) is 4.19. The van der Waals surface area contributed by atoms with Crippen LogP contribution in [0.3, 0.4) is 0 Å². The van der Waals surface area contributed by atoms with E-state index in [1.807, 2.05) is 6.92 Å². The highest BCUT2D eigenvalue weighted by atomic mass is 35.5. The molecule has 1 saturated heterocycles. The van der Waals surface area contributed by atoms with Crippen molar-refractivity contribution in [3.05, 3.63) is 0 Å². The van der Waals surface area contributed by atoms with Gasteiger partial charge in [-0.2, -0.15) is 0 Å². The maximum Gasteiger partial charge on any atom is 0.240 e. The number of alkyl halides is 1. The number of likely N-dealkylation sites (tertiary alicyclic amines) is 1. The van der Waals surface area contributed by atoms with E-state index in [-0.39, 0.29) is 18.1 Å². The van der Waals surface area contributed by atoms with Crippen LogP contribution in [0.4, 0.5) is 0 Å². The van der Waals surface area contributed by atoms with Crippen LogP contribution in [0.25, 0.3) is 0 Å². The molecule has 3 atom stereocenters. The van der Waals surface area contributed by atoms with E-state index in [0.29, 0.717) is 19.5 Å². The summed E-state index contributed by atoms with van der Waals surface area (Å²) >= 11 is 5.90. The average molecular weight is 236 g/mol. The van der Waals surface area contributed by atoms with E-state index in [1.165, 1.54) is 0 Å². The Kier molecular flexibility index (Phi) is 4.83. The standard InChI is InChI=1S/C10H18ClNO3/c1-4-7(11)10(13)12-5-8(14-2)9(6-12)15-3/h7-9H,4-6H2,1-3H3. The summed E-state index contributed by atoms with van der Waals surface area (Å²) in [7, 11) is 3.26. The molecule has 5 heteroatoms. The third kappa shape index (κ3) is 2.83. The van der Waals surface area contributed by atoms with Crippen LogP contribution in [0, 0.1) is 0 Å². The SMILES string of the molecule is CCC(Cl)C(=O)N1CC(OC)C(OC)C1. The number of methoxy groups -OCH3 is 2. The average Bonchev–Trinajstić information content (AvgIpc) is 2.69. The fraction of sp³-hybridized carbons (Fsp3) is 0.900. The summed E-state index contributed by atoms with van der Waals surface area (Å²) in [4.78, 5) is 13.5. The molecule has 0 N–H and O–H groups in total. The first-order valence-electron chi connectivity index (χ1n) is 5.12. The summed E-state index contributed by atoms with van der Waals surface area (Å²) in [5.74, 6) is -0.0271. The van der Waals surface area contributed by atoms with Gasteiger partial charge in [0.1, 0.15) is 17.6 Å². The van der Waals surface area contributed by atoms with Crippen LogP contribution in [0.1, 0.15) is 13.3 Å². The van der Waals surface area contributed by atoms with Gasteiger partial charge in [0.15, 0.2) is 0 Å². The second-order valence-electron chi connectivity index (χ2n) is 3.67. The topological polar surface area (TPSA) is 38.8 Å². The molecule has 1 rings (SSSR count). The Labute approximate surface area is 95.5 Å². The Hall–Kier alpha value is -0.320. The van der Waals surface area contributed by atoms with E-state index >= 15 is 0 Å². The zero-order valence-electron chi connectivity index (χ0n) is 9.40. The van der Waals surface area contributed by atoms with Gasteiger partial charge in [-0.1, -0.05) is 6.92 Å². The molecule has 1 amide bonds. The zero-order valence-corrected chi connectivity index (χ0v) is 10.2. The van der Waals surface area contributed by atoms with Crippen LogP contribution in [0.2, 0.25) is 0 Å². The van der Waals surface area contributed by atoms with E-state index in [1.54, 1.807) is 19.1 Å². The molecule has 1 heterocycles. The molecule has 0 aromatic heterocycles. The number of hydrogen-bond acceptors (Lipinski definition) is 3. The lowest BCUT2D eigenvalue weighted by atomic mass is 10.3. The summed E-state index contributed by atoms with van der Waals surface area (Å²) in [6.07, 6.45) is 0.561. The first-order valence-corrected chi connectivity index (χ1v) is 5.56. The van der Waals surface area contributed by atoms with Crippen molar-refractivity contribution in [1.29, 1.82) is 0 Å². The van der Waals surface area contributed by atoms with Gasteiger partial charge in [0, 0.05) is 27.3 Å².